The van der Waals surface area contributed by atoms with Crippen LogP contribution in [0.4, 0.5) is 11.5 Å². The van der Waals surface area contributed by atoms with E-state index >= 15 is 0 Å². The third kappa shape index (κ3) is 3.90. The van der Waals surface area contributed by atoms with Gasteiger partial charge in [-0.1, -0.05) is 36.4 Å². The van der Waals surface area contributed by atoms with Crippen molar-refractivity contribution in [2.45, 2.75) is 37.8 Å². The van der Waals surface area contributed by atoms with Crippen molar-refractivity contribution in [3.05, 3.63) is 64.7 Å². The first-order chi connectivity index (χ1) is 14.9. The Morgan fingerprint density at radius 1 is 1.32 bits per heavy atom. The number of hydrogen-bond donors (Lipinski definition) is 3. The van der Waals surface area contributed by atoms with Crippen molar-refractivity contribution in [3.63, 3.8) is 0 Å². The minimum absolute atomic E-state index is 0.0850. The van der Waals surface area contributed by atoms with Gasteiger partial charge in [0.15, 0.2) is 5.82 Å². The SMILES string of the molecule is CC(c1ccc2ccccc2c1)N(C=O)c1cn([C@H]2C[C@H](O)[C@@H](CO)O2)c(=O)nc1N. The quantitative estimate of drug-likeness (QED) is 0.509. The standard InChI is InChI=1S/C22H24N4O5/c1-13(15-7-6-14-4-2-3-5-16(14)8-15)26(12-28)17-10-25(22(30)24-21(17)23)20-9-18(29)19(11-27)31-20/h2-8,10,12-13,18-20,27,29H,9,11H2,1H3,(H2,23,24,30)/t13?,18-,19+,20+/m0/s1. The molecule has 9 nitrogen and oxygen atoms in total. The molecule has 0 radical (unpaired) electrons. The number of fused-ring (bicyclic) bond motifs is 1. The predicted octanol–water partition coefficient (Wildman–Crippen LogP) is 1.34. The summed E-state index contributed by atoms with van der Waals surface area (Å²) < 4.78 is 6.76. The van der Waals surface area contributed by atoms with Gasteiger partial charge in [0.2, 0.25) is 6.41 Å². The number of aliphatic hydroxyl groups is 2. The molecule has 9 heteroatoms. The van der Waals surface area contributed by atoms with Gasteiger partial charge in [0.05, 0.1) is 18.8 Å². The number of carbonyl (C=O) groups is 1. The fourth-order valence-corrected chi connectivity index (χ4v) is 3.91. The molecule has 1 aromatic heterocycles. The first-order valence-electron chi connectivity index (χ1n) is 9.98. The third-order valence-corrected chi connectivity index (χ3v) is 5.72. The lowest BCUT2D eigenvalue weighted by Gasteiger charge is -2.27. The minimum Gasteiger partial charge on any atom is -0.394 e. The first kappa shape index (κ1) is 21.0. The molecule has 1 fully saturated rings. The van der Waals surface area contributed by atoms with Crippen LogP contribution < -0.4 is 16.3 Å². The van der Waals surface area contributed by atoms with E-state index in [9.17, 15) is 19.8 Å². The van der Waals surface area contributed by atoms with Gasteiger partial charge in [0, 0.05) is 12.6 Å². The molecule has 4 rings (SSSR count). The molecule has 1 saturated heterocycles. The highest BCUT2D eigenvalue weighted by molar-refractivity contribution is 5.85. The number of amides is 1. The molecule has 1 aliphatic heterocycles. The minimum atomic E-state index is -0.915. The molecule has 0 spiro atoms. The van der Waals surface area contributed by atoms with Crippen molar-refractivity contribution in [1.82, 2.24) is 9.55 Å². The third-order valence-electron chi connectivity index (χ3n) is 5.72. The van der Waals surface area contributed by atoms with Gasteiger partial charge >= 0.3 is 5.69 Å². The first-order valence-corrected chi connectivity index (χ1v) is 9.98. The second-order valence-electron chi connectivity index (χ2n) is 7.61. The van der Waals surface area contributed by atoms with Crippen LogP contribution in [0.25, 0.3) is 10.8 Å². The monoisotopic (exact) mass is 424 g/mol. The van der Waals surface area contributed by atoms with Crippen LogP contribution in [0.2, 0.25) is 0 Å². The Labute approximate surface area is 178 Å². The number of aromatic nitrogens is 2. The molecule has 4 N–H and O–H groups in total. The zero-order valence-corrected chi connectivity index (χ0v) is 17.0. The number of rotatable bonds is 6. The van der Waals surface area contributed by atoms with Crippen LogP contribution in [0.3, 0.4) is 0 Å². The summed E-state index contributed by atoms with van der Waals surface area (Å²) >= 11 is 0. The molecule has 4 atom stereocenters. The van der Waals surface area contributed by atoms with E-state index in [-0.39, 0.29) is 24.5 Å². The van der Waals surface area contributed by atoms with E-state index in [2.05, 4.69) is 4.98 Å². The van der Waals surface area contributed by atoms with Gasteiger partial charge in [-0.2, -0.15) is 4.98 Å². The van der Waals surface area contributed by atoms with Crippen LogP contribution in [-0.2, 0) is 9.53 Å². The molecular formula is C22H24N4O5. The van der Waals surface area contributed by atoms with Crippen LogP contribution >= 0.6 is 0 Å². The average molecular weight is 424 g/mol. The molecule has 0 bridgehead atoms. The van der Waals surface area contributed by atoms with Crippen molar-refractivity contribution >= 4 is 28.7 Å². The second-order valence-corrected chi connectivity index (χ2v) is 7.61. The summed E-state index contributed by atoms with van der Waals surface area (Å²) in [6.45, 7) is 1.48. The number of nitrogens with two attached hydrogens (primary N) is 1. The molecule has 2 heterocycles. The van der Waals surface area contributed by atoms with Gasteiger partial charge in [0.25, 0.3) is 0 Å². The zero-order chi connectivity index (χ0) is 22.1. The molecule has 2 aromatic carbocycles. The van der Waals surface area contributed by atoms with Crippen molar-refractivity contribution in [2.75, 3.05) is 17.2 Å². The number of aliphatic hydroxyl groups excluding tert-OH is 2. The van der Waals surface area contributed by atoms with Gasteiger partial charge in [-0.25, -0.2) is 4.79 Å². The molecule has 1 unspecified atom stereocenters. The molecular weight excluding hydrogens is 400 g/mol. The van der Waals surface area contributed by atoms with Gasteiger partial charge in [-0.05, 0) is 29.3 Å². The van der Waals surface area contributed by atoms with Crippen LogP contribution in [-0.4, -0.2) is 45.0 Å². The van der Waals surface area contributed by atoms with E-state index in [0.717, 1.165) is 16.3 Å². The lowest BCUT2D eigenvalue weighted by Crippen LogP contribution is -2.32. The Hall–Kier alpha value is -3.27. The molecule has 0 aliphatic carbocycles. The van der Waals surface area contributed by atoms with Gasteiger partial charge in [0.1, 0.15) is 18.0 Å². The summed E-state index contributed by atoms with van der Waals surface area (Å²) in [5.41, 5.74) is 6.47. The van der Waals surface area contributed by atoms with E-state index in [1.165, 1.54) is 15.7 Å². The van der Waals surface area contributed by atoms with Crippen molar-refractivity contribution < 1.29 is 19.7 Å². The van der Waals surface area contributed by atoms with E-state index in [0.29, 0.717) is 6.41 Å². The summed E-state index contributed by atoms with van der Waals surface area (Å²) in [6.07, 6.45) is -0.372. The normalized spacial score (nSPS) is 21.8. The molecule has 1 amide bonds. The maximum atomic E-state index is 12.4. The molecule has 162 valence electrons. The summed E-state index contributed by atoms with van der Waals surface area (Å²) in [5.74, 6) is -0.0850. The number of anilines is 2. The summed E-state index contributed by atoms with van der Waals surface area (Å²) in [5, 5.41) is 21.4. The van der Waals surface area contributed by atoms with E-state index < -0.39 is 30.2 Å². The number of nitrogen functional groups attached to an aromatic ring is 1. The molecule has 3 aromatic rings. The Kier molecular flexibility index (Phi) is 5.73. The van der Waals surface area contributed by atoms with Gasteiger partial charge in [-0.15, -0.1) is 0 Å². The fraction of sp³-hybridized carbons (Fsp3) is 0.318. The van der Waals surface area contributed by atoms with Gasteiger partial charge in [-0.3, -0.25) is 9.36 Å². The molecule has 31 heavy (non-hydrogen) atoms. The summed E-state index contributed by atoms with van der Waals surface area (Å²) in [4.78, 5) is 29.7. The predicted molar refractivity (Wildman–Crippen MR) is 115 cm³/mol. The lowest BCUT2D eigenvalue weighted by atomic mass is 10.0. The van der Waals surface area contributed by atoms with Crippen LogP contribution in [0.1, 0.15) is 31.2 Å². The Balaban J connectivity index is 1.70. The van der Waals surface area contributed by atoms with Crippen molar-refractivity contribution in [3.8, 4) is 0 Å². The Morgan fingerprint density at radius 3 is 2.74 bits per heavy atom. The largest absolute Gasteiger partial charge is 0.394 e. The summed E-state index contributed by atoms with van der Waals surface area (Å²) in [7, 11) is 0. The smallest absolute Gasteiger partial charge is 0.351 e. The molecule has 0 saturated carbocycles. The van der Waals surface area contributed by atoms with E-state index in [1.54, 1.807) is 0 Å². The highest BCUT2D eigenvalue weighted by Crippen LogP contribution is 2.32. The van der Waals surface area contributed by atoms with Gasteiger partial charge < -0.3 is 25.6 Å². The number of ether oxygens (including phenoxy) is 1. The highest BCUT2D eigenvalue weighted by atomic mass is 16.5. The van der Waals surface area contributed by atoms with Crippen molar-refractivity contribution in [1.29, 1.82) is 0 Å². The fourth-order valence-electron chi connectivity index (χ4n) is 3.91. The molecule has 1 aliphatic rings. The van der Waals surface area contributed by atoms with E-state index in [4.69, 9.17) is 10.5 Å². The lowest BCUT2D eigenvalue weighted by molar-refractivity contribution is -0.107. The Bertz CT molecular complexity index is 1160. The topological polar surface area (TPSA) is 131 Å². The van der Waals surface area contributed by atoms with Crippen LogP contribution in [0, 0.1) is 0 Å². The number of hydrogen-bond acceptors (Lipinski definition) is 7. The highest BCUT2D eigenvalue weighted by Gasteiger charge is 2.35. The number of nitrogens with zero attached hydrogens (tertiary/aromatic N) is 3. The average Bonchev–Trinajstić information content (AvgIpc) is 3.15. The van der Waals surface area contributed by atoms with Crippen molar-refractivity contribution in [2.24, 2.45) is 0 Å². The van der Waals surface area contributed by atoms with Crippen LogP contribution in [0.5, 0.6) is 0 Å². The Morgan fingerprint density at radius 2 is 2.06 bits per heavy atom. The zero-order valence-electron chi connectivity index (χ0n) is 17.0. The summed E-state index contributed by atoms with van der Waals surface area (Å²) in [6, 6.07) is 13.4. The maximum Gasteiger partial charge on any atom is 0.351 e. The number of benzene rings is 2. The maximum absolute atomic E-state index is 12.4. The van der Waals surface area contributed by atoms with Crippen LogP contribution in [0.15, 0.2) is 53.5 Å². The number of carbonyl (C=O) groups excluding carboxylic acids is 1. The second kappa shape index (κ2) is 8.46. The van der Waals surface area contributed by atoms with E-state index in [1.807, 2.05) is 49.4 Å².